The molecule has 1 saturated heterocycles. The zero-order chi connectivity index (χ0) is 20.1. The smallest absolute Gasteiger partial charge is 0.406 e. The second kappa shape index (κ2) is 8.61. The molecule has 3 rings (SSSR count). The normalized spacial score (nSPS) is 15.4. The van der Waals surface area contributed by atoms with Crippen molar-refractivity contribution in [1.29, 1.82) is 0 Å². The Morgan fingerprint density at radius 2 is 1.86 bits per heavy atom. The Morgan fingerprint density at radius 1 is 1.18 bits per heavy atom. The first-order valence-electron chi connectivity index (χ1n) is 8.38. The molecule has 11 heteroatoms. The van der Waals surface area contributed by atoms with E-state index in [2.05, 4.69) is 20.0 Å². The zero-order valence-corrected chi connectivity index (χ0v) is 15.4. The van der Waals surface area contributed by atoms with Crippen molar-refractivity contribution in [1.82, 2.24) is 14.9 Å². The van der Waals surface area contributed by atoms with Gasteiger partial charge in [0.2, 0.25) is 5.91 Å². The number of carbonyl (C=O) groups excluding carboxylic acids is 1. The lowest BCUT2D eigenvalue weighted by Gasteiger charge is -2.35. The maximum Gasteiger partial charge on any atom is 0.573 e. The van der Waals surface area contributed by atoms with Crippen LogP contribution < -0.4 is 15.0 Å². The van der Waals surface area contributed by atoms with Crippen LogP contribution >= 0.6 is 11.6 Å². The Kier molecular flexibility index (Phi) is 6.20. The van der Waals surface area contributed by atoms with Crippen molar-refractivity contribution in [2.75, 3.05) is 42.9 Å². The van der Waals surface area contributed by atoms with E-state index in [1.54, 1.807) is 0 Å². The minimum Gasteiger partial charge on any atom is -0.406 e. The first-order valence-corrected chi connectivity index (χ1v) is 8.76. The molecule has 1 aromatic heterocycles. The van der Waals surface area contributed by atoms with Crippen LogP contribution in [0.2, 0.25) is 5.02 Å². The number of ether oxygens (including phenoxy) is 1. The molecule has 0 unspecified atom stereocenters. The zero-order valence-electron chi connectivity index (χ0n) is 14.6. The third-order valence-corrected chi connectivity index (χ3v) is 4.33. The van der Waals surface area contributed by atoms with E-state index in [1.807, 2.05) is 9.80 Å². The predicted octanol–water partition coefficient (Wildman–Crippen LogP) is 2.79. The number of amides is 1. The van der Waals surface area contributed by atoms with Crippen LogP contribution in [0.25, 0.3) is 0 Å². The van der Waals surface area contributed by atoms with Gasteiger partial charge in [-0.15, -0.1) is 13.2 Å². The molecule has 2 heterocycles. The summed E-state index contributed by atoms with van der Waals surface area (Å²) in [5.41, 5.74) is 0.394. The highest BCUT2D eigenvalue weighted by molar-refractivity contribution is 6.32. The van der Waals surface area contributed by atoms with Gasteiger partial charge in [-0.05, 0) is 24.3 Å². The van der Waals surface area contributed by atoms with Gasteiger partial charge in [-0.1, -0.05) is 11.6 Å². The molecule has 1 fully saturated rings. The highest BCUT2D eigenvalue weighted by atomic mass is 35.5. The fourth-order valence-corrected chi connectivity index (χ4v) is 3.02. The topological polar surface area (TPSA) is 70.6 Å². The van der Waals surface area contributed by atoms with E-state index in [0.717, 1.165) is 12.1 Å². The molecule has 150 valence electrons. The SMILES string of the molecule is O=C(CN1CCN(c2ncncc2Cl)CC1)Nc1ccc(OC(F)(F)F)cc1. The molecule has 7 nitrogen and oxygen atoms in total. The van der Waals surface area contributed by atoms with E-state index in [0.29, 0.717) is 42.7 Å². The summed E-state index contributed by atoms with van der Waals surface area (Å²) < 4.78 is 40.3. The number of hydrogen-bond donors (Lipinski definition) is 1. The molecular formula is C17H17ClF3N5O2. The Morgan fingerprint density at radius 3 is 2.46 bits per heavy atom. The number of benzene rings is 1. The number of anilines is 2. The molecule has 1 amide bonds. The number of carbonyl (C=O) groups is 1. The molecule has 2 aromatic rings. The first kappa shape index (κ1) is 20.2. The van der Waals surface area contributed by atoms with Crippen molar-refractivity contribution in [2.45, 2.75) is 6.36 Å². The summed E-state index contributed by atoms with van der Waals surface area (Å²) in [6.45, 7) is 2.78. The van der Waals surface area contributed by atoms with Crippen molar-refractivity contribution < 1.29 is 22.7 Å². The molecule has 0 saturated carbocycles. The van der Waals surface area contributed by atoms with Crippen molar-refractivity contribution >= 4 is 29.0 Å². The lowest BCUT2D eigenvalue weighted by molar-refractivity contribution is -0.274. The number of alkyl halides is 3. The second-order valence-corrected chi connectivity index (χ2v) is 6.49. The minimum atomic E-state index is -4.75. The largest absolute Gasteiger partial charge is 0.573 e. The summed E-state index contributed by atoms with van der Waals surface area (Å²) in [7, 11) is 0. The number of halogens is 4. The van der Waals surface area contributed by atoms with Crippen LogP contribution in [0, 0.1) is 0 Å². The van der Waals surface area contributed by atoms with Crippen molar-refractivity contribution in [2.24, 2.45) is 0 Å². The summed E-state index contributed by atoms with van der Waals surface area (Å²) in [6, 6.07) is 5.00. The third-order valence-electron chi connectivity index (χ3n) is 4.06. The molecule has 1 N–H and O–H groups in total. The highest BCUT2D eigenvalue weighted by Crippen LogP contribution is 2.24. The molecule has 28 heavy (non-hydrogen) atoms. The van der Waals surface area contributed by atoms with E-state index in [-0.39, 0.29) is 18.2 Å². The molecule has 1 aliphatic rings. The molecule has 1 aliphatic heterocycles. The molecule has 0 atom stereocenters. The van der Waals surface area contributed by atoms with E-state index in [9.17, 15) is 18.0 Å². The van der Waals surface area contributed by atoms with Crippen molar-refractivity contribution in [3.05, 3.63) is 41.8 Å². The summed E-state index contributed by atoms with van der Waals surface area (Å²) in [4.78, 5) is 24.2. The standard InChI is InChI=1S/C17H17ClF3N5O2/c18-14-9-22-11-23-16(14)26-7-5-25(6-8-26)10-15(27)24-12-1-3-13(4-2-12)28-17(19,20)21/h1-4,9,11H,5-8,10H2,(H,24,27). The van der Waals surface area contributed by atoms with Gasteiger partial charge in [0.1, 0.15) is 17.1 Å². The molecule has 0 bridgehead atoms. The molecular weight excluding hydrogens is 399 g/mol. The fourth-order valence-electron chi connectivity index (χ4n) is 2.80. The van der Waals surface area contributed by atoms with Crippen LogP contribution in [0.3, 0.4) is 0 Å². The van der Waals surface area contributed by atoms with Gasteiger partial charge in [0.05, 0.1) is 12.7 Å². The van der Waals surface area contributed by atoms with Crippen molar-refractivity contribution in [3.63, 3.8) is 0 Å². The molecule has 0 aliphatic carbocycles. The molecule has 0 radical (unpaired) electrons. The Hall–Kier alpha value is -2.59. The van der Waals surface area contributed by atoms with E-state index in [4.69, 9.17) is 11.6 Å². The number of nitrogens with one attached hydrogen (secondary N) is 1. The van der Waals surface area contributed by atoms with Crippen LogP contribution in [-0.2, 0) is 4.79 Å². The van der Waals surface area contributed by atoms with E-state index < -0.39 is 6.36 Å². The number of piperazine rings is 1. The monoisotopic (exact) mass is 415 g/mol. The van der Waals surface area contributed by atoms with E-state index in [1.165, 1.54) is 24.7 Å². The summed E-state index contributed by atoms with van der Waals surface area (Å²) in [5, 5.41) is 3.14. The van der Waals surface area contributed by atoms with Crippen LogP contribution in [0.1, 0.15) is 0 Å². The Bertz CT molecular complexity index is 811. The van der Waals surface area contributed by atoms with Gasteiger partial charge in [0, 0.05) is 31.9 Å². The van der Waals surface area contributed by atoms with Gasteiger partial charge in [0.25, 0.3) is 0 Å². The van der Waals surface area contributed by atoms with Gasteiger partial charge in [-0.3, -0.25) is 9.69 Å². The highest BCUT2D eigenvalue weighted by Gasteiger charge is 2.31. The van der Waals surface area contributed by atoms with Crippen LogP contribution in [-0.4, -0.2) is 59.9 Å². The Balaban J connectivity index is 1.46. The summed E-state index contributed by atoms with van der Waals surface area (Å²) >= 11 is 6.10. The maximum atomic E-state index is 12.2. The number of rotatable bonds is 5. The van der Waals surface area contributed by atoms with Gasteiger partial charge in [-0.25, -0.2) is 9.97 Å². The molecule has 1 aromatic carbocycles. The predicted molar refractivity (Wildman–Crippen MR) is 97.4 cm³/mol. The van der Waals surface area contributed by atoms with Gasteiger partial charge < -0.3 is 15.0 Å². The average Bonchev–Trinajstić information content (AvgIpc) is 2.63. The second-order valence-electron chi connectivity index (χ2n) is 6.08. The van der Waals surface area contributed by atoms with Crippen LogP contribution in [0.15, 0.2) is 36.8 Å². The number of aromatic nitrogens is 2. The fraction of sp³-hybridized carbons (Fsp3) is 0.353. The Labute approximate surface area is 164 Å². The van der Waals surface area contributed by atoms with Crippen molar-refractivity contribution in [3.8, 4) is 5.75 Å². The third kappa shape index (κ3) is 5.70. The van der Waals surface area contributed by atoms with E-state index >= 15 is 0 Å². The van der Waals surface area contributed by atoms with Gasteiger partial charge >= 0.3 is 6.36 Å². The first-order chi connectivity index (χ1) is 13.3. The van der Waals surface area contributed by atoms with Crippen LogP contribution in [0.5, 0.6) is 5.75 Å². The molecule has 0 spiro atoms. The lowest BCUT2D eigenvalue weighted by atomic mass is 10.3. The minimum absolute atomic E-state index is 0.173. The maximum absolute atomic E-state index is 12.2. The van der Waals surface area contributed by atoms with Gasteiger partial charge in [-0.2, -0.15) is 0 Å². The number of nitrogens with zero attached hydrogens (tertiary/aromatic N) is 4. The average molecular weight is 416 g/mol. The van der Waals surface area contributed by atoms with Crippen LogP contribution in [0.4, 0.5) is 24.7 Å². The summed E-state index contributed by atoms with van der Waals surface area (Å²) in [5.74, 6) is 0.0740. The van der Waals surface area contributed by atoms with Gasteiger partial charge in [0.15, 0.2) is 5.82 Å². The number of hydrogen-bond acceptors (Lipinski definition) is 6. The lowest BCUT2D eigenvalue weighted by Crippen LogP contribution is -2.49. The quantitative estimate of drug-likeness (QED) is 0.809. The summed E-state index contributed by atoms with van der Waals surface area (Å²) in [6.07, 6.45) is -1.77.